The van der Waals surface area contributed by atoms with Crippen LogP contribution < -0.4 is 5.32 Å². The normalized spacial score (nSPS) is 18.6. The Morgan fingerprint density at radius 3 is 2.52 bits per heavy atom. The van der Waals surface area contributed by atoms with Gasteiger partial charge in [0, 0.05) is 37.1 Å². The van der Waals surface area contributed by atoms with Crippen molar-refractivity contribution < 1.29 is 18.7 Å². The minimum absolute atomic E-state index is 0.0343. The van der Waals surface area contributed by atoms with Gasteiger partial charge in [-0.1, -0.05) is 12.1 Å². The Kier molecular flexibility index (Phi) is 5.87. The molecular weight excluding hydrogens is 425 g/mol. The predicted molar refractivity (Wildman–Crippen MR) is 118 cm³/mol. The molecule has 5 rings (SSSR count). The number of aromatic nitrogens is 3. The van der Waals surface area contributed by atoms with Gasteiger partial charge >= 0.3 is 0 Å². The Morgan fingerprint density at radius 1 is 1.06 bits per heavy atom. The van der Waals surface area contributed by atoms with Crippen LogP contribution in [0.1, 0.15) is 40.7 Å². The van der Waals surface area contributed by atoms with Crippen LogP contribution in [0.4, 0.5) is 10.1 Å². The van der Waals surface area contributed by atoms with Gasteiger partial charge in [-0.3, -0.25) is 14.6 Å². The summed E-state index contributed by atoms with van der Waals surface area (Å²) in [4.78, 5) is 35.8. The van der Waals surface area contributed by atoms with E-state index in [1.807, 2.05) is 4.57 Å². The second-order valence-corrected chi connectivity index (χ2v) is 8.34. The quantitative estimate of drug-likeness (QED) is 0.661. The number of amides is 2. The lowest BCUT2D eigenvalue weighted by atomic mass is 9.95. The molecule has 1 saturated heterocycles. The summed E-state index contributed by atoms with van der Waals surface area (Å²) in [6.45, 7) is 1.77. The highest BCUT2D eigenvalue weighted by Crippen LogP contribution is 2.29. The molecule has 9 heteroatoms. The summed E-state index contributed by atoms with van der Waals surface area (Å²) in [6, 6.07) is 9.75. The predicted octanol–water partition coefficient (Wildman–Crippen LogP) is 3.18. The largest absolute Gasteiger partial charge is 0.365 e. The molecule has 0 spiro atoms. The minimum atomic E-state index is -0.288. The zero-order valence-electron chi connectivity index (χ0n) is 18.0. The van der Waals surface area contributed by atoms with Crippen LogP contribution in [0.2, 0.25) is 0 Å². The number of carbonyl (C=O) groups excluding carboxylic acids is 2. The fourth-order valence-corrected chi connectivity index (χ4v) is 4.36. The zero-order valence-corrected chi connectivity index (χ0v) is 18.0. The van der Waals surface area contributed by atoms with Crippen molar-refractivity contribution in [3.8, 4) is 0 Å². The topological polar surface area (TPSA) is 89.4 Å². The molecule has 1 fully saturated rings. The number of rotatable bonds is 4. The Morgan fingerprint density at radius 2 is 1.79 bits per heavy atom. The highest BCUT2D eigenvalue weighted by atomic mass is 19.1. The van der Waals surface area contributed by atoms with E-state index in [1.54, 1.807) is 47.9 Å². The fourth-order valence-electron chi connectivity index (χ4n) is 4.36. The standard InChI is InChI=1S/C24H24FN5O3/c25-18-3-1-16(2-4-18)21-13-30-15-27-22(20(30)14-33-21)24(32)29-11-7-17(8-12-29)23(31)28-19-5-9-26-10-6-19/h1-6,9-10,15,17,21H,7-8,11-14H2,(H,26,28,31)/t21-/m1/s1. The number of halogens is 1. The molecule has 170 valence electrons. The first-order chi connectivity index (χ1) is 16.1. The Labute approximate surface area is 190 Å². The second kappa shape index (κ2) is 9.11. The van der Waals surface area contributed by atoms with Crippen LogP contribution in [0.15, 0.2) is 55.1 Å². The van der Waals surface area contributed by atoms with Crippen LogP contribution in [0.5, 0.6) is 0 Å². The summed E-state index contributed by atoms with van der Waals surface area (Å²) >= 11 is 0. The summed E-state index contributed by atoms with van der Waals surface area (Å²) in [7, 11) is 0. The maximum Gasteiger partial charge on any atom is 0.274 e. The van der Waals surface area contributed by atoms with Gasteiger partial charge in [0.2, 0.25) is 5.91 Å². The third kappa shape index (κ3) is 4.49. The lowest BCUT2D eigenvalue weighted by Gasteiger charge is -2.31. The molecule has 2 aromatic heterocycles. The number of benzene rings is 1. The van der Waals surface area contributed by atoms with Crippen molar-refractivity contribution in [1.29, 1.82) is 0 Å². The maximum atomic E-state index is 13.2. The van der Waals surface area contributed by atoms with Crippen molar-refractivity contribution in [1.82, 2.24) is 19.4 Å². The number of carbonyl (C=O) groups is 2. The van der Waals surface area contributed by atoms with Gasteiger partial charge in [-0.05, 0) is 42.7 Å². The summed E-state index contributed by atoms with van der Waals surface area (Å²) < 4.78 is 21.1. The molecule has 2 amide bonds. The van der Waals surface area contributed by atoms with Crippen molar-refractivity contribution in [2.45, 2.75) is 32.1 Å². The van der Waals surface area contributed by atoms with Gasteiger partial charge in [0.1, 0.15) is 11.9 Å². The van der Waals surface area contributed by atoms with Crippen LogP contribution in [-0.2, 0) is 22.7 Å². The molecule has 0 radical (unpaired) electrons. The van der Waals surface area contributed by atoms with E-state index in [9.17, 15) is 14.0 Å². The monoisotopic (exact) mass is 449 g/mol. The number of hydrogen-bond donors (Lipinski definition) is 1. The van der Waals surface area contributed by atoms with E-state index >= 15 is 0 Å². The maximum absolute atomic E-state index is 13.2. The molecule has 33 heavy (non-hydrogen) atoms. The number of fused-ring (bicyclic) bond motifs is 1. The third-order valence-electron chi connectivity index (χ3n) is 6.28. The highest BCUT2D eigenvalue weighted by Gasteiger charge is 2.32. The van der Waals surface area contributed by atoms with Crippen LogP contribution in [0.25, 0.3) is 0 Å². The van der Waals surface area contributed by atoms with Crippen molar-refractivity contribution in [3.63, 3.8) is 0 Å². The smallest absolute Gasteiger partial charge is 0.274 e. The van der Waals surface area contributed by atoms with Crippen LogP contribution in [-0.4, -0.2) is 44.3 Å². The molecule has 8 nitrogen and oxygen atoms in total. The van der Waals surface area contributed by atoms with E-state index in [2.05, 4.69) is 15.3 Å². The van der Waals surface area contributed by atoms with E-state index in [0.717, 1.165) is 16.9 Å². The van der Waals surface area contributed by atoms with Gasteiger partial charge in [0.05, 0.1) is 25.2 Å². The van der Waals surface area contributed by atoms with Crippen molar-refractivity contribution >= 4 is 17.5 Å². The molecule has 2 aliphatic heterocycles. The molecule has 2 aliphatic rings. The number of likely N-dealkylation sites (tertiary alicyclic amines) is 1. The molecule has 0 unspecified atom stereocenters. The Bertz CT molecular complexity index is 1140. The van der Waals surface area contributed by atoms with E-state index in [1.165, 1.54) is 12.1 Å². The van der Waals surface area contributed by atoms with Crippen LogP contribution in [0.3, 0.4) is 0 Å². The zero-order chi connectivity index (χ0) is 22.8. The summed E-state index contributed by atoms with van der Waals surface area (Å²) in [5, 5.41) is 2.91. The number of nitrogens with one attached hydrogen (secondary N) is 1. The molecule has 0 bridgehead atoms. The van der Waals surface area contributed by atoms with Crippen LogP contribution in [0, 0.1) is 11.7 Å². The molecular formula is C24H24FN5O3. The lowest BCUT2D eigenvalue weighted by molar-refractivity contribution is -0.121. The van der Waals surface area contributed by atoms with Crippen molar-refractivity contribution in [2.24, 2.45) is 5.92 Å². The van der Waals surface area contributed by atoms with E-state index in [0.29, 0.717) is 38.2 Å². The first kappa shape index (κ1) is 21.3. The molecule has 4 heterocycles. The third-order valence-corrected chi connectivity index (χ3v) is 6.28. The number of nitrogens with zero attached hydrogens (tertiary/aromatic N) is 4. The molecule has 1 N–H and O–H groups in total. The SMILES string of the molecule is O=C(Nc1ccncc1)C1CCN(C(=O)c2ncn3c2CO[C@@H](c2ccc(F)cc2)C3)CC1. The average Bonchev–Trinajstić information content (AvgIpc) is 3.28. The molecule has 0 saturated carbocycles. The van der Waals surface area contributed by atoms with E-state index < -0.39 is 0 Å². The van der Waals surface area contributed by atoms with Crippen molar-refractivity contribution in [2.75, 3.05) is 18.4 Å². The number of ether oxygens (including phenoxy) is 1. The summed E-state index contributed by atoms with van der Waals surface area (Å²) in [5.41, 5.74) is 2.75. The Balaban J connectivity index is 1.19. The first-order valence-corrected chi connectivity index (χ1v) is 11.0. The highest BCUT2D eigenvalue weighted by molar-refractivity contribution is 5.95. The molecule has 0 aliphatic carbocycles. The fraction of sp³-hybridized carbons (Fsp3) is 0.333. The van der Waals surface area contributed by atoms with Gasteiger partial charge in [-0.15, -0.1) is 0 Å². The van der Waals surface area contributed by atoms with Gasteiger partial charge in [0.25, 0.3) is 5.91 Å². The first-order valence-electron chi connectivity index (χ1n) is 11.0. The van der Waals surface area contributed by atoms with E-state index in [-0.39, 0.29) is 36.3 Å². The summed E-state index contributed by atoms with van der Waals surface area (Å²) in [5.74, 6) is -0.601. The number of piperidine rings is 1. The summed E-state index contributed by atoms with van der Waals surface area (Å²) in [6.07, 6.45) is 5.91. The van der Waals surface area contributed by atoms with E-state index in [4.69, 9.17) is 4.74 Å². The minimum Gasteiger partial charge on any atom is -0.365 e. The number of pyridine rings is 1. The molecule has 3 aromatic rings. The average molecular weight is 449 g/mol. The molecule has 1 atom stereocenters. The van der Waals surface area contributed by atoms with Crippen LogP contribution >= 0.6 is 0 Å². The van der Waals surface area contributed by atoms with Gasteiger partial charge in [-0.2, -0.15) is 0 Å². The van der Waals surface area contributed by atoms with Gasteiger partial charge in [-0.25, -0.2) is 9.37 Å². The number of anilines is 1. The van der Waals surface area contributed by atoms with Gasteiger partial charge in [0.15, 0.2) is 5.69 Å². The number of hydrogen-bond acceptors (Lipinski definition) is 5. The van der Waals surface area contributed by atoms with Crippen molar-refractivity contribution in [3.05, 3.63) is 77.9 Å². The number of imidazole rings is 1. The second-order valence-electron chi connectivity index (χ2n) is 8.34. The molecule has 1 aromatic carbocycles. The lowest BCUT2D eigenvalue weighted by Crippen LogP contribution is -2.42. The Hall–Kier alpha value is -3.59. The van der Waals surface area contributed by atoms with Gasteiger partial charge < -0.3 is 19.5 Å².